The van der Waals surface area contributed by atoms with Gasteiger partial charge in [0.25, 0.3) is 0 Å². The molecule has 0 atom stereocenters. The lowest BCUT2D eigenvalue weighted by atomic mass is 10.4. The van der Waals surface area contributed by atoms with Gasteiger partial charge < -0.3 is 4.57 Å². The predicted octanol–water partition coefficient (Wildman–Crippen LogP) is 1.08. The Labute approximate surface area is 59.9 Å². The summed E-state index contributed by atoms with van der Waals surface area (Å²) in [6, 6.07) is 2.10. The van der Waals surface area contributed by atoms with Crippen LogP contribution in [0.5, 0.6) is 0 Å². The van der Waals surface area contributed by atoms with Crippen molar-refractivity contribution in [2.24, 2.45) is 0 Å². The first-order valence-electron chi connectivity index (χ1n) is 3.21. The molecule has 0 fully saturated rings. The van der Waals surface area contributed by atoms with Crippen LogP contribution in [0.2, 0.25) is 0 Å². The molecule has 0 saturated carbocycles. The van der Waals surface area contributed by atoms with Crippen LogP contribution in [0.3, 0.4) is 0 Å². The summed E-state index contributed by atoms with van der Waals surface area (Å²) in [5, 5.41) is 8.61. The SMILES string of the molecule is CCn1cnc(C)c1C#N. The van der Waals surface area contributed by atoms with Crippen LogP contribution in [0.25, 0.3) is 0 Å². The van der Waals surface area contributed by atoms with E-state index in [-0.39, 0.29) is 0 Å². The normalized spacial score (nSPS) is 9.30. The molecule has 1 aromatic heterocycles. The van der Waals surface area contributed by atoms with Gasteiger partial charge in [-0.2, -0.15) is 5.26 Å². The third-order valence-electron chi connectivity index (χ3n) is 1.47. The largest absolute Gasteiger partial charge is 0.322 e. The van der Waals surface area contributed by atoms with Crippen molar-refractivity contribution in [2.75, 3.05) is 0 Å². The molecule has 10 heavy (non-hydrogen) atoms. The van der Waals surface area contributed by atoms with Crippen LogP contribution < -0.4 is 0 Å². The quantitative estimate of drug-likeness (QED) is 0.578. The van der Waals surface area contributed by atoms with E-state index in [0.29, 0.717) is 5.69 Å². The molecule has 0 aromatic carbocycles. The fraction of sp³-hybridized carbons (Fsp3) is 0.429. The second-order valence-corrected chi connectivity index (χ2v) is 2.08. The first-order valence-corrected chi connectivity index (χ1v) is 3.21. The second kappa shape index (κ2) is 2.53. The summed E-state index contributed by atoms with van der Waals surface area (Å²) in [4.78, 5) is 4.00. The van der Waals surface area contributed by atoms with E-state index < -0.39 is 0 Å². The maximum absolute atomic E-state index is 8.61. The number of nitriles is 1. The zero-order valence-electron chi connectivity index (χ0n) is 6.13. The van der Waals surface area contributed by atoms with Gasteiger partial charge in [-0.05, 0) is 13.8 Å². The van der Waals surface area contributed by atoms with Crippen molar-refractivity contribution < 1.29 is 0 Å². The number of rotatable bonds is 1. The molecule has 0 radical (unpaired) electrons. The van der Waals surface area contributed by atoms with Crippen LogP contribution in [0.4, 0.5) is 0 Å². The number of imidazole rings is 1. The molecule has 0 spiro atoms. The van der Waals surface area contributed by atoms with Crippen LogP contribution in [-0.2, 0) is 6.54 Å². The number of nitrogens with zero attached hydrogens (tertiary/aromatic N) is 3. The topological polar surface area (TPSA) is 41.6 Å². The number of hydrogen-bond donors (Lipinski definition) is 0. The first-order chi connectivity index (χ1) is 4.79. The maximum atomic E-state index is 8.61. The Bertz CT molecular complexity index is 267. The average molecular weight is 135 g/mol. The molecule has 0 saturated heterocycles. The van der Waals surface area contributed by atoms with Crippen LogP contribution >= 0.6 is 0 Å². The van der Waals surface area contributed by atoms with Gasteiger partial charge in [0.05, 0.1) is 12.0 Å². The van der Waals surface area contributed by atoms with Gasteiger partial charge in [0.15, 0.2) is 0 Å². The van der Waals surface area contributed by atoms with Crippen molar-refractivity contribution in [3.05, 3.63) is 17.7 Å². The van der Waals surface area contributed by atoms with Crippen molar-refractivity contribution in [1.29, 1.82) is 5.26 Å². The molecular formula is C7H9N3. The summed E-state index contributed by atoms with van der Waals surface area (Å²) in [7, 11) is 0. The average Bonchev–Trinajstić information content (AvgIpc) is 2.30. The molecule has 52 valence electrons. The highest BCUT2D eigenvalue weighted by molar-refractivity contribution is 5.25. The van der Waals surface area contributed by atoms with Crippen molar-refractivity contribution >= 4 is 0 Å². The Kier molecular flexibility index (Phi) is 1.72. The third kappa shape index (κ3) is 0.883. The Morgan fingerprint density at radius 2 is 2.50 bits per heavy atom. The zero-order chi connectivity index (χ0) is 7.56. The molecular weight excluding hydrogens is 126 g/mol. The van der Waals surface area contributed by atoms with E-state index in [4.69, 9.17) is 5.26 Å². The first kappa shape index (κ1) is 6.81. The van der Waals surface area contributed by atoms with Gasteiger partial charge in [-0.15, -0.1) is 0 Å². The summed E-state index contributed by atoms with van der Waals surface area (Å²) in [6.45, 7) is 4.64. The zero-order valence-corrected chi connectivity index (χ0v) is 6.13. The highest BCUT2D eigenvalue weighted by Gasteiger charge is 2.02. The minimum Gasteiger partial charge on any atom is -0.322 e. The highest BCUT2D eigenvalue weighted by atomic mass is 15.0. The van der Waals surface area contributed by atoms with Crippen molar-refractivity contribution in [3.63, 3.8) is 0 Å². The molecule has 3 nitrogen and oxygen atoms in total. The Balaban J connectivity index is 3.17. The summed E-state index contributed by atoms with van der Waals surface area (Å²) in [5.41, 5.74) is 1.48. The smallest absolute Gasteiger partial charge is 0.142 e. The fourth-order valence-corrected chi connectivity index (χ4v) is 0.868. The van der Waals surface area contributed by atoms with Gasteiger partial charge in [0.1, 0.15) is 11.8 Å². The maximum Gasteiger partial charge on any atom is 0.142 e. The third-order valence-corrected chi connectivity index (χ3v) is 1.47. The van der Waals surface area contributed by atoms with Crippen molar-refractivity contribution in [2.45, 2.75) is 20.4 Å². The molecule has 0 bridgehead atoms. The number of hydrogen-bond acceptors (Lipinski definition) is 2. The van der Waals surface area contributed by atoms with E-state index in [2.05, 4.69) is 11.1 Å². The van der Waals surface area contributed by atoms with E-state index in [1.807, 2.05) is 18.4 Å². The molecule has 1 rings (SSSR count). The van der Waals surface area contributed by atoms with Gasteiger partial charge in [0, 0.05) is 6.54 Å². The predicted molar refractivity (Wildman–Crippen MR) is 37.4 cm³/mol. The Morgan fingerprint density at radius 1 is 1.80 bits per heavy atom. The molecule has 0 amide bonds. The van der Waals surface area contributed by atoms with Crippen LogP contribution in [0.15, 0.2) is 6.33 Å². The van der Waals surface area contributed by atoms with Crippen LogP contribution in [0.1, 0.15) is 18.3 Å². The summed E-state index contributed by atoms with van der Waals surface area (Å²) in [6.07, 6.45) is 1.69. The van der Waals surface area contributed by atoms with E-state index in [0.717, 1.165) is 12.2 Å². The standard InChI is InChI=1S/C7H9N3/c1-3-10-5-9-6(2)7(10)4-8/h5H,3H2,1-2H3. The Morgan fingerprint density at radius 3 is 2.90 bits per heavy atom. The molecule has 1 heterocycles. The van der Waals surface area contributed by atoms with Gasteiger partial charge in [-0.25, -0.2) is 4.98 Å². The molecule has 0 aliphatic heterocycles. The van der Waals surface area contributed by atoms with E-state index in [1.165, 1.54) is 0 Å². The monoisotopic (exact) mass is 135 g/mol. The number of aromatic nitrogens is 2. The molecule has 0 N–H and O–H groups in total. The second-order valence-electron chi connectivity index (χ2n) is 2.08. The molecule has 1 aromatic rings. The van der Waals surface area contributed by atoms with E-state index in [9.17, 15) is 0 Å². The van der Waals surface area contributed by atoms with Crippen LogP contribution in [0, 0.1) is 18.3 Å². The van der Waals surface area contributed by atoms with E-state index in [1.54, 1.807) is 6.33 Å². The van der Waals surface area contributed by atoms with Gasteiger partial charge in [-0.3, -0.25) is 0 Å². The minimum absolute atomic E-state index is 0.669. The summed E-state index contributed by atoms with van der Waals surface area (Å²) in [5.74, 6) is 0. The van der Waals surface area contributed by atoms with Crippen LogP contribution in [-0.4, -0.2) is 9.55 Å². The lowest BCUT2D eigenvalue weighted by Crippen LogP contribution is -1.95. The van der Waals surface area contributed by atoms with Gasteiger partial charge in [0.2, 0.25) is 0 Å². The lowest BCUT2D eigenvalue weighted by molar-refractivity contribution is 0.750. The van der Waals surface area contributed by atoms with Crippen molar-refractivity contribution in [3.8, 4) is 6.07 Å². The summed E-state index contributed by atoms with van der Waals surface area (Å²) >= 11 is 0. The lowest BCUT2D eigenvalue weighted by Gasteiger charge is -1.94. The highest BCUT2D eigenvalue weighted by Crippen LogP contribution is 2.02. The summed E-state index contributed by atoms with van der Waals surface area (Å²) < 4.78 is 1.83. The fourth-order valence-electron chi connectivity index (χ4n) is 0.868. The molecule has 3 heteroatoms. The Hall–Kier alpha value is -1.30. The molecule has 0 aliphatic rings. The molecule has 0 aliphatic carbocycles. The van der Waals surface area contributed by atoms with E-state index >= 15 is 0 Å². The van der Waals surface area contributed by atoms with Crippen molar-refractivity contribution in [1.82, 2.24) is 9.55 Å². The van der Waals surface area contributed by atoms with Gasteiger partial charge in [-0.1, -0.05) is 0 Å². The number of aryl methyl sites for hydroxylation is 2. The van der Waals surface area contributed by atoms with Gasteiger partial charge >= 0.3 is 0 Å². The molecule has 0 unspecified atom stereocenters. The minimum atomic E-state index is 0.669.